The molecule has 2 unspecified atom stereocenters. The van der Waals surface area contributed by atoms with Gasteiger partial charge in [-0.2, -0.15) is 0 Å². The van der Waals surface area contributed by atoms with E-state index in [1.807, 2.05) is 43.9 Å². The van der Waals surface area contributed by atoms with Crippen LogP contribution >= 0.6 is 0 Å². The highest BCUT2D eigenvalue weighted by atomic mass is 16.6. The van der Waals surface area contributed by atoms with E-state index >= 15 is 0 Å². The molecule has 160 valence electrons. The Balaban J connectivity index is 1.41. The van der Waals surface area contributed by atoms with Crippen molar-refractivity contribution in [1.29, 1.82) is 0 Å². The average molecular weight is 403 g/mol. The van der Waals surface area contributed by atoms with Crippen LogP contribution in [0.25, 0.3) is 0 Å². The van der Waals surface area contributed by atoms with Gasteiger partial charge in [-0.25, -0.2) is 4.79 Å². The predicted octanol–water partition coefficient (Wildman–Crippen LogP) is 2.80. The summed E-state index contributed by atoms with van der Waals surface area (Å²) in [6.07, 6.45) is 2.88. The molecule has 2 aliphatic heterocycles. The van der Waals surface area contributed by atoms with Crippen molar-refractivity contribution in [2.75, 3.05) is 33.2 Å². The molecule has 2 N–H and O–H groups in total. The third-order valence-electron chi connectivity index (χ3n) is 5.16. The lowest BCUT2D eigenvalue weighted by molar-refractivity contribution is 0.0168. The minimum absolute atomic E-state index is 0.114. The Morgan fingerprint density at radius 3 is 2.76 bits per heavy atom. The van der Waals surface area contributed by atoms with Crippen LogP contribution in [-0.4, -0.2) is 61.9 Å². The molecule has 2 aliphatic rings. The topological polar surface area (TPSA) is 75.2 Å². The number of rotatable bonds is 4. The third kappa shape index (κ3) is 6.27. The van der Waals surface area contributed by atoms with Crippen molar-refractivity contribution in [3.8, 4) is 5.75 Å². The van der Waals surface area contributed by atoms with Gasteiger partial charge in [0.1, 0.15) is 17.5 Å². The summed E-state index contributed by atoms with van der Waals surface area (Å²) >= 11 is 0. The zero-order chi connectivity index (χ0) is 20.9. The summed E-state index contributed by atoms with van der Waals surface area (Å²) in [7, 11) is 1.77. The molecule has 1 saturated heterocycles. The van der Waals surface area contributed by atoms with E-state index in [-0.39, 0.29) is 12.2 Å². The van der Waals surface area contributed by atoms with Crippen LogP contribution < -0.4 is 15.4 Å². The summed E-state index contributed by atoms with van der Waals surface area (Å²) in [5, 5.41) is 6.76. The number of hydrogen-bond acceptors (Lipinski definition) is 4. The highest BCUT2D eigenvalue weighted by Crippen LogP contribution is 2.27. The summed E-state index contributed by atoms with van der Waals surface area (Å²) in [5.41, 5.74) is 0.794. The highest BCUT2D eigenvalue weighted by Gasteiger charge is 2.28. The summed E-state index contributed by atoms with van der Waals surface area (Å²) < 4.78 is 11.5. The van der Waals surface area contributed by atoms with Crippen molar-refractivity contribution in [3.63, 3.8) is 0 Å². The zero-order valence-electron chi connectivity index (χ0n) is 18.0. The Labute approximate surface area is 173 Å². The molecule has 0 saturated carbocycles. The maximum Gasteiger partial charge on any atom is 0.410 e. The van der Waals surface area contributed by atoms with E-state index in [1.165, 1.54) is 5.56 Å². The van der Waals surface area contributed by atoms with Gasteiger partial charge in [-0.05, 0) is 51.2 Å². The van der Waals surface area contributed by atoms with E-state index in [9.17, 15) is 4.79 Å². The number of piperidine rings is 1. The van der Waals surface area contributed by atoms with E-state index in [0.29, 0.717) is 19.0 Å². The first kappa shape index (κ1) is 21.3. The standard InChI is InChI=1S/C22H34N4O3/c1-22(2,3)29-21(27)26-11-7-8-16(15-26)13-24-20(23-4)25-14-18-12-17-9-5-6-10-19(17)28-18/h5-6,9-10,16,18H,7-8,11-15H2,1-4H3,(H2,23,24,25). The van der Waals surface area contributed by atoms with Crippen LogP contribution in [-0.2, 0) is 11.2 Å². The molecule has 2 atom stereocenters. The molecule has 0 aromatic heterocycles. The van der Waals surface area contributed by atoms with Crippen LogP contribution in [0.1, 0.15) is 39.2 Å². The summed E-state index contributed by atoms with van der Waals surface area (Å²) in [4.78, 5) is 18.5. The first-order chi connectivity index (χ1) is 13.8. The van der Waals surface area contributed by atoms with Gasteiger partial charge in [-0.1, -0.05) is 18.2 Å². The number of nitrogens with one attached hydrogen (secondary N) is 2. The third-order valence-corrected chi connectivity index (χ3v) is 5.16. The zero-order valence-corrected chi connectivity index (χ0v) is 18.0. The van der Waals surface area contributed by atoms with Gasteiger partial charge in [0.25, 0.3) is 0 Å². The Morgan fingerprint density at radius 2 is 2.03 bits per heavy atom. The number of carbonyl (C=O) groups excluding carboxylic acids is 1. The molecule has 3 rings (SSSR count). The van der Waals surface area contributed by atoms with Crippen LogP contribution in [0, 0.1) is 5.92 Å². The van der Waals surface area contributed by atoms with Gasteiger partial charge in [-0.3, -0.25) is 4.99 Å². The normalized spacial score (nSPS) is 21.9. The number of guanidine groups is 1. The van der Waals surface area contributed by atoms with E-state index in [2.05, 4.69) is 21.7 Å². The minimum Gasteiger partial charge on any atom is -0.488 e. The van der Waals surface area contributed by atoms with Crippen LogP contribution in [0.5, 0.6) is 5.75 Å². The molecular weight excluding hydrogens is 368 g/mol. The second kappa shape index (κ2) is 9.37. The fraction of sp³-hybridized carbons (Fsp3) is 0.636. The van der Waals surface area contributed by atoms with Crippen molar-refractivity contribution in [3.05, 3.63) is 29.8 Å². The summed E-state index contributed by atoms with van der Waals surface area (Å²) in [6.45, 7) is 8.63. The molecule has 2 heterocycles. The Bertz CT molecular complexity index is 704. The summed E-state index contributed by atoms with van der Waals surface area (Å²) in [6, 6.07) is 8.17. The lowest BCUT2D eigenvalue weighted by Crippen LogP contribution is -2.48. The lowest BCUT2D eigenvalue weighted by atomic mass is 9.98. The molecule has 0 spiro atoms. The van der Waals surface area contributed by atoms with Gasteiger partial charge in [0.2, 0.25) is 0 Å². The first-order valence-electron chi connectivity index (χ1n) is 10.5. The van der Waals surface area contributed by atoms with Crippen molar-refractivity contribution in [2.45, 2.75) is 51.7 Å². The van der Waals surface area contributed by atoms with Gasteiger partial charge >= 0.3 is 6.09 Å². The molecule has 1 aromatic carbocycles. The molecule has 29 heavy (non-hydrogen) atoms. The number of likely N-dealkylation sites (tertiary alicyclic amines) is 1. The average Bonchev–Trinajstić information content (AvgIpc) is 3.10. The predicted molar refractivity (Wildman–Crippen MR) is 114 cm³/mol. The number of amides is 1. The number of nitrogens with zero attached hydrogens (tertiary/aromatic N) is 2. The molecule has 1 fully saturated rings. The van der Waals surface area contributed by atoms with Crippen LogP contribution in [0.3, 0.4) is 0 Å². The Kier molecular flexibility index (Phi) is 6.87. The molecule has 1 amide bonds. The molecule has 0 radical (unpaired) electrons. The van der Waals surface area contributed by atoms with Crippen LogP contribution in [0.4, 0.5) is 4.79 Å². The number of hydrogen-bond donors (Lipinski definition) is 2. The minimum atomic E-state index is -0.462. The highest BCUT2D eigenvalue weighted by molar-refractivity contribution is 5.79. The molecule has 7 heteroatoms. The number of fused-ring (bicyclic) bond motifs is 1. The van der Waals surface area contributed by atoms with Crippen molar-refractivity contribution >= 4 is 12.1 Å². The van der Waals surface area contributed by atoms with E-state index in [0.717, 1.165) is 44.1 Å². The van der Waals surface area contributed by atoms with Gasteiger partial charge in [0, 0.05) is 33.1 Å². The van der Waals surface area contributed by atoms with Crippen molar-refractivity contribution < 1.29 is 14.3 Å². The SMILES string of the molecule is CN=C(NCC1CCCN(C(=O)OC(C)(C)C)C1)NCC1Cc2ccccc2O1. The van der Waals surface area contributed by atoms with Crippen molar-refractivity contribution in [2.24, 2.45) is 10.9 Å². The van der Waals surface area contributed by atoms with Gasteiger partial charge in [-0.15, -0.1) is 0 Å². The molecule has 0 bridgehead atoms. The van der Waals surface area contributed by atoms with Gasteiger partial charge < -0.3 is 25.0 Å². The maximum atomic E-state index is 12.3. The quantitative estimate of drug-likeness (QED) is 0.598. The molecule has 1 aromatic rings. The fourth-order valence-electron chi connectivity index (χ4n) is 3.76. The van der Waals surface area contributed by atoms with E-state index in [4.69, 9.17) is 9.47 Å². The van der Waals surface area contributed by atoms with E-state index in [1.54, 1.807) is 7.05 Å². The molecule has 7 nitrogen and oxygen atoms in total. The summed E-state index contributed by atoms with van der Waals surface area (Å²) in [5.74, 6) is 2.12. The first-order valence-corrected chi connectivity index (χ1v) is 10.5. The molecular formula is C22H34N4O3. The number of para-hydroxylation sites is 1. The van der Waals surface area contributed by atoms with Crippen LogP contribution in [0.2, 0.25) is 0 Å². The number of aliphatic imine (C=N–C) groups is 1. The lowest BCUT2D eigenvalue weighted by Gasteiger charge is -2.34. The number of ether oxygens (including phenoxy) is 2. The number of benzene rings is 1. The number of carbonyl (C=O) groups is 1. The monoisotopic (exact) mass is 402 g/mol. The maximum absolute atomic E-state index is 12.3. The second-order valence-electron chi connectivity index (χ2n) is 8.82. The van der Waals surface area contributed by atoms with Crippen LogP contribution in [0.15, 0.2) is 29.3 Å². The second-order valence-corrected chi connectivity index (χ2v) is 8.82. The molecule has 0 aliphatic carbocycles. The van der Waals surface area contributed by atoms with Crippen molar-refractivity contribution in [1.82, 2.24) is 15.5 Å². The fourth-order valence-corrected chi connectivity index (χ4v) is 3.76. The smallest absolute Gasteiger partial charge is 0.410 e. The largest absolute Gasteiger partial charge is 0.488 e. The van der Waals surface area contributed by atoms with Gasteiger partial charge in [0.15, 0.2) is 5.96 Å². The Morgan fingerprint density at radius 1 is 1.28 bits per heavy atom. The van der Waals surface area contributed by atoms with Gasteiger partial charge in [0.05, 0.1) is 6.54 Å². The Hall–Kier alpha value is -2.44. The van der Waals surface area contributed by atoms with E-state index < -0.39 is 5.60 Å².